The van der Waals surface area contributed by atoms with E-state index in [1.165, 1.54) is 6.07 Å². The zero-order chi connectivity index (χ0) is 9.30. The van der Waals surface area contributed by atoms with Gasteiger partial charge in [-0.15, -0.1) is 0 Å². The van der Waals surface area contributed by atoms with E-state index in [4.69, 9.17) is 16.7 Å². The maximum atomic E-state index is 10.6. The van der Waals surface area contributed by atoms with Gasteiger partial charge in [-0.05, 0) is 34.5 Å². The van der Waals surface area contributed by atoms with Crippen LogP contribution in [0.2, 0.25) is 5.02 Å². The Bertz CT molecular complexity index is 336. The molecule has 0 fully saturated rings. The minimum Gasteiger partial charge on any atom is -0.478 e. The lowest BCUT2D eigenvalue weighted by Gasteiger charge is -2.03. The summed E-state index contributed by atoms with van der Waals surface area (Å²) in [6, 6.07) is 3.20. The third-order valence-corrected chi connectivity index (χ3v) is 3.04. The number of aryl methyl sites for hydroxylation is 1. The van der Waals surface area contributed by atoms with Crippen LogP contribution in [-0.2, 0) is 0 Å². The maximum Gasteiger partial charge on any atom is 0.336 e. The molecule has 0 aliphatic carbocycles. The molecule has 2 nitrogen and oxygen atoms in total. The van der Waals surface area contributed by atoms with Gasteiger partial charge in [0.05, 0.1) is 15.1 Å². The van der Waals surface area contributed by atoms with Crippen molar-refractivity contribution < 1.29 is 9.90 Å². The standard InChI is InChI=1S/C8H6BrClO2/c1-4-2-3-5(8(11)12)6(9)7(4)10/h2-3H,1H3,(H,11,12). The molecule has 12 heavy (non-hydrogen) atoms. The van der Waals surface area contributed by atoms with E-state index in [9.17, 15) is 4.79 Å². The zero-order valence-electron chi connectivity index (χ0n) is 6.27. The average molecular weight is 249 g/mol. The van der Waals surface area contributed by atoms with Crippen LogP contribution >= 0.6 is 27.5 Å². The first-order valence-electron chi connectivity index (χ1n) is 3.22. The summed E-state index contributed by atoms with van der Waals surface area (Å²) in [5.74, 6) is -0.983. The van der Waals surface area contributed by atoms with Gasteiger partial charge in [0.15, 0.2) is 0 Å². The fourth-order valence-electron chi connectivity index (χ4n) is 0.811. The highest BCUT2D eigenvalue weighted by Gasteiger charge is 2.11. The van der Waals surface area contributed by atoms with Crippen LogP contribution < -0.4 is 0 Å². The van der Waals surface area contributed by atoms with E-state index in [2.05, 4.69) is 15.9 Å². The molecule has 0 heterocycles. The summed E-state index contributed by atoms with van der Waals surface area (Å²) >= 11 is 8.94. The molecule has 1 aromatic carbocycles. The molecule has 1 N–H and O–H groups in total. The second kappa shape index (κ2) is 3.46. The van der Waals surface area contributed by atoms with Crippen LogP contribution in [0.5, 0.6) is 0 Å². The Labute approximate surface area is 83.3 Å². The van der Waals surface area contributed by atoms with Crippen molar-refractivity contribution in [3.63, 3.8) is 0 Å². The summed E-state index contributed by atoms with van der Waals surface area (Å²) in [5.41, 5.74) is 1.04. The molecule has 0 saturated carbocycles. The molecule has 4 heteroatoms. The van der Waals surface area contributed by atoms with Crippen molar-refractivity contribution in [3.05, 3.63) is 32.8 Å². The molecule has 0 unspecified atom stereocenters. The number of aromatic carboxylic acids is 1. The number of carbonyl (C=O) groups is 1. The van der Waals surface area contributed by atoms with E-state index in [0.717, 1.165) is 5.56 Å². The number of carboxylic acid groups (broad SMARTS) is 1. The number of benzene rings is 1. The van der Waals surface area contributed by atoms with E-state index in [-0.39, 0.29) is 5.56 Å². The lowest BCUT2D eigenvalue weighted by molar-refractivity contribution is 0.0696. The molecule has 0 bridgehead atoms. The summed E-state index contributed by atoms with van der Waals surface area (Å²) < 4.78 is 0.441. The minimum absolute atomic E-state index is 0.186. The van der Waals surface area contributed by atoms with Crippen molar-refractivity contribution in [2.75, 3.05) is 0 Å². The molecule has 1 rings (SSSR count). The van der Waals surface area contributed by atoms with Crippen LogP contribution in [0.1, 0.15) is 15.9 Å². The Kier molecular flexibility index (Phi) is 2.75. The smallest absolute Gasteiger partial charge is 0.336 e. The van der Waals surface area contributed by atoms with E-state index in [1.54, 1.807) is 6.07 Å². The minimum atomic E-state index is -0.983. The van der Waals surface area contributed by atoms with Crippen molar-refractivity contribution in [1.82, 2.24) is 0 Å². The normalized spacial score (nSPS) is 9.92. The molecule has 0 atom stereocenters. The van der Waals surface area contributed by atoms with Crippen molar-refractivity contribution in [2.24, 2.45) is 0 Å². The van der Waals surface area contributed by atoms with Gasteiger partial charge in [0.2, 0.25) is 0 Å². The average Bonchev–Trinajstić information content (AvgIpc) is 2.00. The number of hydrogen-bond donors (Lipinski definition) is 1. The van der Waals surface area contributed by atoms with Crippen LogP contribution in [0, 0.1) is 6.92 Å². The summed E-state index contributed by atoms with van der Waals surface area (Å²) in [4.78, 5) is 10.6. The van der Waals surface area contributed by atoms with Crippen molar-refractivity contribution in [3.8, 4) is 0 Å². The van der Waals surface area contributed by atoms with Crippen molar-refractivity contribution >= 4 is 33.5 Å². The predicted molar refractivity (Wildman–Crippen MR) is 50.8 cm³/mol. The van der Waals surface area contributed by atoms with Gasteiger partial charge in [-0.1, -0.05) is 17.7 Å². The number of rotatable bonds is 1. The van der Waals surface area contributed by atoms with E-state index >= 15 is 0 Å². The van der Waals surface area contributed by atoms with Gasteiger partial charge in [0.25, 0.3) is 0 Å². The third kappa shape index (κ3) is 1.62. The first kappa shape index (κ1) is 9.55. The first-order valence-corrected chi connectivity index (χ1v) is 4.39. The fraction of sp³-hybridized carbons (Fsp3) is 0.125. The van der Waals surface area contributed by atoms with Crippen LogP contribution in [0.4, 0.5) is 0 Å². The van der Waals surface area contributed by atoms with Gasteiger partial charge in [0, 0.05) is 0 Å². The van der Waals surface area contributed by atoms with Gasteiger partial charge in [-0.3, -0.25) is 0 Å². The van der Waals surface area contributed by atoms with Gasteiger partial charge in [0.1, 0.15) is 0 Å². The molecule has 0 aromatic heterocycles. The Morgan fingerprint density at radius 1 is 1.58 bits per heavy atom. The number of halogens is 2. The second-order valence-electron chi connectivity index (χ2n) is 2.36. The largest absolute Gasteiger partial charge is 0.478 e. The van der Waals surface area contributed by atoms with Crippen molar-refractivity contribution in [2.45, 2.75) is 6.92 Å². The highest BCUT2D eigenvalue weighted by atomic mass is 79.9. The monoisotopic (exact) mass is 248 g/mol. The highest BCUT2D eigenvalue weighted by Crippen LogP contribution is 2.29. The second-order valence-corrected chi connectivity index (χ2v) is 3.53. The summed E-state index contributed by atoms with van der Waals surface area (Å²) in [5, 5.41) is 9.15. The molecule has 0 spiro atoms. The maximum absolute atomic E-state index is 10.6. The van der Waals surface area contributed by atoms with Crippen LogP contribution in [-0.4, -0.2) is 11.1 Å². The van der Waals surface area contributed by atoms with E-state index < -0.39 is 5.97 Å². The Morgan fingerprint density at radius 3 is 2.67 bits per heavy atom. The van der Waals surface area contributed by atoms with Crippen LogP contribution in [0.25, 0.3) is 0 Å². The van der Waals surface area contributed by atoms with E-state index in [1.807, 2.05) is 6.92 Å². The predicted octanol–water partition coefficient (Wildman–Crippen LogP) is 3.11. The molecular formula is C8H6BrClO2. The highest BCUT2D eigenvalue weighted by molar-refractivity contribution is 9.10. The molecule has 64 valence electrons. The SMILES string of the molecule is Cc1ccc(C(=O)O)c(Br)c1Cl. The molecule has 0 aliphatic rings. The Hall–Kier alpha value is -0.540. The molecule has 0 aliphatic heterocycles. The topological polar surface area (TPSA) is 37.3 Å². The van der Waals surface area contributed by atoms with Crippen LogP contribution in [0.15, 0.2) is 16.6 Å². The van der Waals surface area contributed by atoms with Crippen molar-refractivity contribution in [1.29, 1.82) is 0 Å². The first-order chi connectivity index (χ1) is 5.54. The lowest BCUT2D eigenvalue weighted by Crippen LogP contribution is -1.98. The van der Waals surface area contributed by atoms with E-state index in [0.29, 0.717) is 9.50 Å². The molecule has 0 radical (unpaired) electrons. The van der Waals surface area contributed by atoms with Gasteiger partial charge in [-0.25, -0.2) is 4.79 Å². The third-order valence-electron chi connectivity index (χ3n) is 1.51. The molecule has 1 aromatic rings. The van der Waals surface area contributed by atoms with Crippen LogP contribution in [0.3, 0.4) is 0 Å². The molecule has 0 amide bonds. The van der Waals surface area contributed by atoms with Gasteiger partial charge >= 0.3 is 5.97 Å². The zero-order valence-corrected chi connectivity index (χ0v) is 8.61. The van der Waals surface area contributed by atoms with Gasteiger partial charge < -0.3 is 5.11 Å². The lowest BCUT2D eigenvalue weighted by atomic mass is 10.1. The quantitative estimate of drug-likeness (QED) is 0.830. The Morgan fingerprint density at radius 2 is 2.17 bits per heavy atom. The molecule has 0 saturated heterocycles. The van der Waals surface area contributed by atoms with Gasteiger partial charge in [-0.2, -0.15) is 0 Å². The number of carboxylic acids is 1. The summed E-state index contributed by atoms with van der Waals surface area (Å²) in [7, 11) is 0. The molecular weight excluding hydrogens is 243 g/mol. The fourth-order valence-corrected chi connectivity index (χ4v) is 1.59. The summed E-state index contributed by atoms with van der Waals surface area (Å²) in [6.45, 7) is 1.82. The summed E-state index contributed by atoms with van der Waals surface area (Å²) in [6.07, 6.45) is 0. The Balaban J connectivity index is 3.36. The number of hydrogen-bond acceptors (Lipinski definition) is 1.